The van der Waals surface area contributed by atoms with Crippen LogP contribution in [0.15, 0.2) is 53.6 Å². The van der Waals surface area contributed by atoms with Gasteiger partial charge in [0.05, 0.1) is 24.4 Å². The van der Waals surface area contributed by atoms with Crippen molar-refractivity contribution in [3.8, 4) is 0 Å². The number of rotatable bonds is 5. The third kappa shape index (κ3) is 2.95. The number of carbonyl (C=O) groups is 1. The summed E-state index contributed by atoms with van der Waals surface area (Å²) in [6.07, 6.45) is 5.28. The molecule has 0 bridgehead atoms. The van der Waals surface area contributed by atoms with Crippen molar-refractivity contribution in [1.29, 1.82) is 0 Å². The van der Waals surface area contributed by atoms with Crippen LogP contribution in [0.1, 0.15) is 46.1 Å². The van der Waals surface area contributed by atoms with Gasteiger partial charge < -0.3 is 20.1 Å². The maximum atomic E-state index is 13.0. The molecular weight excluding hydrogens is 416 g/mol. The van der Waals surface area contributed by atoms with Crippen LogP contribution in [0.25, 0.3) is 0 Å². The monoisotopic (exact) mass is 452 g/mol. The average molecular weight is 453 g/mol. The minimum atomic E-state index is -1.70. The van der Waals surface area contributed by atoms with Gasteiger partial charge in [0.2, 0.25) is 0 Å². The Morgan fingerprint density at radius 3 is 2.48 bits per heavy atom. The molecule has 4 aliphatic rings. The van der Waals surface area contributed by atoms with Crippen molar-refractivity contribution in [3.63, 3.8) is 0 Å². The van der Waals surface area contributed by atoms with E-state index in [1.54, 1.807) is 13.0 Å². The average Bonchev–Trinajstić information content (AvgIpc) is 3.19. The molecule has 2 fully saturated rings. The van der Waals surface area contributed by atoms with Gasteiger partial charge in [-0.1, -0.05) is 63.3 Å². The Morgan fingerprint density at radius 1 is 1.12 bits per heavy atom. The molecule has 0 aromatic heterocycles. The molecule has 4 aliphatic carbocycles. The lowest BCUT2D eigenvalue weighted by Gasteiger charge is -2.50. The Kier molecular flexibility index (Phi) is 5.12. The zero-order chi connectivity index (χ0) is 23.8. The zero-order valence-electron chi connectivity index (χ0n) is 20.0. The van der Waals surface area contributed by atoms with Gasteiger partial charge in [-0.05, 0) is 42.4 Å². The van der Waals surface area contributed by atoms with Gasteiger partial charge >= 0.3 is 0 Å². The normalized spacial score (nSPS) is 43.1. The van der Waals surface area contributed by atoms with Crippen molar-refractivity contribution < 1.29 is 24.9 Å². The second-order valence-electron chi connectivity index (χ2n) is 11.4. The lowest BCUT2D eigenvalue weighted by molar-refractivity contribution is -0.182. The lowest BCUT2D eigenvalue weighted by Crippen LogP contribution is -2.61. The minimum absolute atomic E-state index is 0.0373. The number of Topliss-reactive ketones (excluding diaryl/α,β-unsaturated/α-hetero) is 1. The number of hydrogen-bond acceptors (Lipinski definition) is 5. The van der Waals surface area contributed by atoms with E-state index < -0.39 is 17.1 Å². The summed E-state index contributed by atoms with van der Waals surface area (Å²) in [5, 5.41) is 34.0. The van der Waals surface area contributed by atoms with E-state index in [1.807, 2.05) is 31.2 Å². The molecule has 33 heavy (non-hydrogen) atoms. The number of aliphatic hydroxyl groups excluding tert-OH is 1. The molecule has 0 unspecified atom stereocenters. The Bertz CT molecular complexity index is 1030. The quantitative estimate of drug-likeness (QED) is 0.597. The predicted octanol–water partition coefficient (Wildman–Crippen LogP) is 3.23. The third-order valence-corrected chi connectivity index (χ3v) is 9.47. The molecule has 5 heteroatoms. The Morgan fingerprint density at radius 2 is 1.82 bits per heavy atom. The van der Waals surface area contributed by atoms with Crippen LogP contribution in [0.4, 0.5) is 0 Å². The fourth-order valence-electron chi connectivity index (χ4n) is 7.69. The molecule has 5 nitrogen and oxygen atoms in total. The number of ether oxygens (including phenoxy) is 1. The summed E-state index contributed by atoms with van der Waals surface area (Å²) in [7, 11) is 0. The van der Waals surface area contributed by atoms with Crippen molar-refractivity contribution in [1.82, 2.24) is 0 Å². The van der Waals surface area contributed by atoms with E-state index >= 15 is 0 Å². The largest absolute Gasteiger partial charge is 0.392 e. The number of aliphatic hydroxyl groups is 3. The van der Waals surface area contributed by atoms with Crippen LogP contribution < -0.4 is 0 Å². The highest BCUT2D eigenvalue weighted by Gasteiger charge is 2.81. The molecule has 0 radical (unpaired) electrons. The number of benzene rings is 1. The summed E-state index contributed by atoms with van der Waals surface area (Å²) in [5.74, 6) is -1.51. The number of fused-ring (bicyclic) bond motifs is 5. The summed E-state index contributed by atoms with van der Waals surface area (Å²) < 4.78 is 6.67. The van der Waals surface area contributed by atoms with Crippen molar-refractivity contribution in [2.24, 2.45) is 29.1 Å². The van der Waals surface area contributed by atoms with Gasteiger partial charge in [0, 0.05) is 29.6 Å². The molecule has 3 N–H and O–H groups in total. The zero-order valence-corrected chi connectivity index (χ0v) is 20.0. The highest BCUT2D eigenvalue weighted by Crippen LogP contribution is 2.76. The van der Waals surface area contributed by atoms with Gasteiger partial charge in [0.15, 0.2) is 5.78 Å². The first kappa shape index (κ1) is 23.0. The molecule has 0 saturated heterocycles. The van der Waals surface area contributed by atoms with Crippen LogP contribution in [0.2, 0.25) is 0 Å². The summed E-state index contributed by atoms with van der Waals surface area (Å²) in [6, 6.07) is 10.3. The van der Waals surface area contributed by atoms with Crippen LogP contribution in [-0.4, -0.2) is 51.1 Å². The highest BCUT2D eigenvalue weighted by molar-refractivity contribution is 6.04. The standard InChI is InChI=1S/C28H36O5/c1-17-12-22-26(31,24(17)30)15-20(16-29)13-21-23-25(3,4)27(23,14-18(2)28(21,22)32)33-11-10-19-8-6-5-7-9-19/h5-9,12-13,18,21-23,29,31-32H,10-11,14-16H2,1-4H3/t18-,21+,22-,23-,26-,27+,28-/m1/s1. The van der Waals surface area contributed by atoms with E-state index in [-0.39, 0.29) is 47.6 Å². The van der Waals surface area contributed by atoms with Crippen LogP contribution in [0.5, 0.6) is 0 Å². The molecule has 1 aromatic carbocycles. The Labute approximate surface area is 196 Å². The Hall–Kier alpha value is -1.79. The second-order valence-corrected chi connectivity index (χ2v) is 11.4. The first-order chi connectivity index (χ1) is 15.5. The van der Waals surface area contributed by atoms with Gasteiger partial charge in [-0.15, -0.1) is 0 Å². The molecule has 2 saturated carbocycles. The van der Waals surface area contributed by atoms with E-state index in [9.17, 15) is 20.1 Å². The molecule has 0 spiro atoms. The molecule has 5 rings (SSSR count). The van der Waals surface area contributed by atoms with Crippen molar-refractivity contribution in [3.05, 3.63) is 59.2 Å². The molecule has 0 heterocycles. The first-order valence-electron chi connectivity index (χ1n) is 12.2. The fourth-order valence-corrected chi connectivity index (χ4v) is 7.69. The second kappa shape index (κ2) is 7.35. The van der Waals surface area contributed by atoms with E-state index in [2.05, 4.69) is 26.0 Å². The fraction of sp³-hybridized carbons (Fsp3) is 0.607. The lowest BCUT2D eigenvalue weighted by atomic mass is 9.60. The molecule has 1 aromatic rings. The minimum Gasteiger partial charge on any atom is -0.392 e. The summed E-state index contributed by atoms with van der Waals surface area (Å²) >= 11 is 0. The van der Waals surface area contributed by atoms with Gasteiger partial charge in [-0.3, -0.25) is 4.79 Å². The molecule has 7 atom stereocenters. The summed E-state index contributed by atoms with van der Waals surface area (Å²) in [6.45, 7) is 8.48. The molecule has 0 aliphatic heterocycles. The number of carbonyl (C=O) groups excluding carboxylic acids is 1. The van der Waals surface area contributed by atoms with Gasteiger partial charge in [-0.25, -0.2) is 0 Å². The van der Waals surface area contributed by atoms with E-state index in [1.165, 1.54) is 5.56 Å². The van der Waals surface area contributed by atoms with Crippen LogP contribution in [0.3, 0.4) is 0 Å². The SMILES string of the molecule is CC1=C[C@H]2[C@@]3(O)[C@H](C)C[C@]4(OCCc5ccccc5)[C@H]([C@@H]3C=C(CO)C[C@]2(O)C1=O)C4(C)C. The van der Waals surface area contributed by atoms with E-state index in [4.69, 9.17) is 4.74 Å². The third-order valence-electron chi connectivity index (χ3n) is 9.47. The van der Waals surface area contributed by atoms with Gasteiger partial charge in [-0.2, -0.15) is 0 Å². The van der Waals surface area contributed by atoms with Crippen molar-refractivity contribution >= 4 is 5.78 Å². The van der Waals surface area contributed by atoms with Crippen LogP contribution in [0, 0.1) is 29.1 Å². The van der Waals surface area contributed by atoms with Crippen LogP contribution in [-0.2, 0) is 16.0 Å². The van der Waals surface area contributed by atoms with Crippen molar-refractivity contribution in [2.45, 2.75) is 63.8 Å². The molecular formula is C28H36O5. The maximum absolute atomic E-state index is 13.0. The van der Waals surface area contributed by atoms with Crippen LogP contribution >= 0.6 is 0 Å². The first-order valence-corrected chi connectivity index (χ1v) is 12.2. The predicted molar refractivity (Wildman–Crippen MR) is 125 cm³/mol. The smallest absolute Gasteiger partial charge is 0.190 e. The molecule has 0 amide bonds. The summed E-state index contributed by atoms with van der Waals surface area (Å²) in [4.78, 5) is 13.0. The highest BCUT2D eigenvalue weighted by atomic mass is 16.5. The molecule has 178 valence electrons. The van der Waals surface area contributed by atoms with Gasteiger partial charge in [0.25, 0.3) is 0 Å². The topological polar surface area (TPSA) is 87.0 Å². The van der Waals surface area contributed by atoms with E-state index in [0.717, 1.165) is 6.42 Å². The number of ketones is 1. The summed E-state index contributed by atoms with van der Waals surface area (Å²) in [5.41, 5.74) is -1.20. The number of hydrogen-bond donors (Lipinski definition) is 3. The van der Waals surface area contributed by atoms with Crippen molar-refractivity contribution in [2.75, 3.05) is 13.2 Å². The Balaban J connectivity index is 1.51. The maximum Gasteiger partial charge on any atom is 0.190 e. The van der Waals surface area contributed by atoms with Gasteiger partial charge in [0.1, 0.15) is 5.60 Å². The van der Waals surface area contributed by atoms with E-state index in [0.29, 0.717) is 24.2 Å².